The first-order valence-corrected chi connectivity index (χ1v) is 15.6. The van der Waals surface area contributed by atoms with Crippen LogP contribution < -0.4 is 11.1 Å². The molecule has 1 saturated heterocycles. The Labute approximate surface area is 266 Å². The van der Waals surface area contributed by atoms with Gasteiger partial charge in [0.25, 0.3) is 11.8 Å². The molecule has 2 aliphatic rings. The number of aromatic nitrogens is 1. The second kappa shape index (κ2) is 14.2. The summed E-state index contributed by atoms with van der Waals surface area (Å²) in [6.45, 7) is 1.28. The third-order valence-electron chi connectivity index (χ3n) is 6.77. The van der Waals surface area contributed by atoms with Crippen molar-refractivity contribution in [3.05, 3.63) is 106 Å². The first-order chi connectivity index (χ1) is 21.8. The fourth-order valence-corrected chi connectivity index (χ4v) is 6.63. The minimum Gasteiger partial charge on any atom is -0.462 e. The van der Waals surface area contributed by atoms with Crippen LogP contribution in [-0.2, 0) is 33.5 Å². The maximum Gasteiger partial charge on any atom is 0.356 e. The number of nitrogens with zero attached hydrogens (tertiary/aromatic N) is 3. The van der Waals surface area contributed by atoms with Crippen LogP contribution in [0.3, 0.4) is 0 Å². The number of rotatable bonds is 11. The van der Waals surface area contributed by atoms with E-state index in [4.69, 9.17) is 20.0 Å². The number of amides is 2. The smallest absolute Gasteiger partial charge is 0.356 e. The van der Waals surface area contributed by atoms with Crippen molar-refractivity contribution < 1.29 is 33.5 Å². The van der Waals surface area contributed by atoms with Crippen molar-refractivity contribution in [3.8, 4) is 0 Å². The summed E-state index contributed by atoms with van der Waals surface area (Å²) in [5.74, 6) is -2.06. The van der Waals surface area contributed by atoms with Crippen LogP contribution >= 0.6 is 23.1 Å². The predicted octanol–water partition coefficient (Wildman–Crippen LogP) is 3.18. The molecule has 232 valence electrons. The molecule has 2 atom stereocenters. The minimum absolute atomic E-state index is 0.0126. The molecular weight excluding hydrogens is 619 g/mol. The van der Waals surface area contributed by atoms with Gasteiger partial charge >= 0.3 is 11.9 Å². The molecule has 45 heavy (non-hydrogen) atoms. The molecule has 2 amide bonds. The number of carbonyl (C=O) groups excluding carboxylic acids is 4. The Bertz CT molecular complexity index is 1630. The number of esters is 2. The molecular formula is C31H29N5O7S2. The zero-order valence-electron chi connectivity index (χ0n) is 24.2. The fourth-order valence-electron chi connectivity index (χ4n) is 4.76. The molecule has 0 aliphatic carbocycles. The van der Waals surface area contributed by atoms with Crippen LogP contribution in [0.2, 0.25) is 0 Å². The lowest BCUT2D eigenvalue weighted by Crippen LogP contribution is -2.71. The first-order valence-electron chi connectivity index (χ1n) is 13.7. The molecule has 0 spiro atoms. The maximum atomic E-state index is 14.0. The van der Waals surface area contributed by atoms with Gasteiger partial charge in [0.05, 0.1) is 0 Å². The molecule has 0 radical (unpaired) electrons. The molecule has 3 aromatic rings. The second-order valence-corrected chi connectivity index (χ2v) is 11.7. The van der Waals surface area contributed by atoms with E-state index in [1.807, 2.05) is 60.7 Å². The van der Waals surface area contributed by atoms with Gasteiger partial charge in [-0.05, 0) is 22.8 Å². The first kappa shape index (κ1) is 31.5. The molecule has 3 N–H and O–H groups in total. The molecule has 2 aliphatic heterocycles. The number of anilines is 1. The highest BCUT2D eigenvalue weighted by Crippen LogP contribution is 2.42. The Morgan fingerprint density at radius 3 is 2.38 bits per heavy atom. The molecule has 3 heterocycles. The Hall–Kier alpha value is -4.95. The van der Waals surface area contributed by atoms with E-state index in [1.165, 1.54) is 30.7 Å². The van der Waals surface area contributed by atoms with Gasteiger partial charge in [-0.15, -0.1) is 23.1 Å². The van der Waals surface area contributed by atoms with Gasteiger partial charge in [-0.1, -0.05) is 71.9 Å². The van der Waals surface area contributed by atoms with E-state index in [2.05, 4.69) is 15.5 Å². The third kappa shape index (κ3) is 7.07. The number of allylic oxidation sites excluding steroid dienone is 1. The zero-order valence-corrected chi connectivity index (χ0v) is 25.9. The summed E-state index contributed by atoms with van der Waals surface area (Å²) in [5.41, 5.74) is 7.83. The summed E-state index contributed by atoms with van der Waals surface area (Å²) >= 11 is 2.49. The van der Waals surface area contributed by atoms with E-state index in [-0.39, 0.29) is 28.8 Å². The van der Waals surface area contributed by atoms with Crippen molar-refractivity contribution in [1.82, 2.24) is 15.2 Å². The number of β-lactam (4-membered cyclic amide) rings is 1. The van der Waals surface area contributed by atoms with Gasteiger partial charge in [0.2, 0.25) is 0 Å². The molecule has 1 fully saturated rings. The summed E-state index contributed by atoms with van der Waals surface area (Å²) in [7, 11) is 1.29. The summed E-state index contributed by atoms with van der Waals surface area (Å²) in [6, 6.07) is 17.6. The second-order valence-electron chi connectivity index (χ2n) is 9.74. The normalized spacial score (nSPS) is 18.0. The average Bonchev–Trinajstić information content (AvgIpc) is 3.48. The quantitative estimate of drug-likeness (QED) is 0.137. The monoisotopic (exact) mass is 647 g/mol. The number of oxime groups is 1. The van der Waals surface area contributed by atoms with E-state index in [0.29, 0.717) is 11.3 Å². The predicted molar refractivity (Wildman–Crippen MR) is 169 cm³/mol. The molecule has 12 nitrogen and oxygen atoms in total. The Morgan fingerprint density at radius 2 is 1.80 bits per heavy atom. The van der Waals surface area contributed by atoms with Gasteiger partial charge in [-0.2, -0.15) is 0 Å². The lowest BCUT2D eigenvalue weighted by Gasteiger charge is -2.49. The van der Waals surface area contributed by atoms with Gasteiger partial charge in [0.1, 0.15) is 36.5 Å². The van der Waals surface area contributed by atoms with Gasteiger partial charge in [-0.25, -0.2) is 9.78 Å². The molecule has 0 bridgehead atoms. The molecule has 1 aromatic heterocycles. The highest BCUT2D eigenvalue weighted by Gasteiger charge is 2.54. The van der Waals surface area contributed by atoms with E-state index in [1.54, 1.807) is 17.5 Å². The largest absolute Gasteiger partial charge is 0.462 e. The number of thiazole rings is 1. The number of thioether (sulfide) groups is 1. The highest BCUT2D eigenvalue weighted by molar-refractivity contribution is 8.00. The van der Waals surface area contributed by atoms with Crippen molar-refractivity contribution >= 4 is 57.7 Å². The zero-order chi connectivity index (χ0) is 31.9. The van der Waals surface area contributed by atoms with Gasteiger partial charge in [0, 0.05) is 18.1 Å². The number of hydrogen-bond acceptors (Lipinski definition) is 12. The average molecular weight is 648 g/mol. The molecule has 14 heteroatoms. The van der Waals surface area contributed by atoms with Gasteiger partial charge < -0.3 is 25.4 Å². The number of fused-ring (bicyclic) bond motifs is 1. The summed E-state index contributed by atoms with van der Waals surface area (Å²) < 4.78 is 11.1. The summed E-state index contributed by atoms with van der Waals surface area (Å²) in [6.07, 6.45) is 2.47. The van der Waals surface area contributed by atoms with Crippen LogP contribution in [-0.4, -0.2) is 70.2 Å². The molecule has 2 aromatic carbocycles. The Balaban J connectivity index is 1.43. The lowest BCUT2D eigenvalue weighted by molar-refractivity contribution is -0.154. The maximum absolute atomic E-state index is 14.0. The van der Waals surface area contributed by atoms with Crippen molar-refractivity contribution in [2.45, 2.75) is 24.4 Å². The van der Waals surface area contributed by atoms with E-state index in [0.717, 1.165) is 22.5 Å². The van der Waals surface area contributed by atoms with Crippen LogP contribution in [0.5, 0.6) is 0 Å². The minimum atomic E-state index is -0.964. The molecule has 0 saturated carbocycles. The number of nitrogens with one attached hydrogen (secondary N) is 1. The number of nitrogens with two attached hydrogens (primary N) is 1. The summed E-state index contributed by atoms with van der Waals surface area (Å²) in [4.78, 5) is 62.3. The topological polar surface area (TPSA) is 163 Å². The van der Waals surface area contributed by atoms with Crippen molar-refractivity contribution in [3.63, 3.8) is 0 Å². The van der Waals surface area contributed by atoms with E-state index >= 15 is 0 Å². The lowest BCUT2D eigenvalue weighted by atomic mass is 10.0. The number of benzene rings is 2. The van der Waals surface area contributed by atoms with Crippen molar-refractivity contribution in [1.29, 1.82) is 0 Å². The number of nitrogen functional groups attached to an aromatic ring is 1. The molecule has 1 unspecified atom stereocenters. The van der Waals surface area contributed by atoms with Crippen molar-refractivity contribution in [2.75, 3.05) is 25.2 Å². The van der Waals surface area contributed by atoms with Gasteiger partial charge in [0.15, 0.2) is 16.9 Å². The van der Waals surface area contributed by atoms with E-state index < -0.39 is 41.3 Å². The van der Waals surface area contributed by atoms with Crippen LogP contribution in [0, 0.1) is 0 Å². The van der Waals surface area contributed by atoms with Crippen LogP contribution in [0.4, 0.5) is 5.13 Å². The van der Waals surface area contributed by atoms with E-state index in [9.17, 15) is 19.2 Å². The Morgan fingerprint density at radius 1 is 1.13 bits per heavy atom. The van der Waals surface area contributed by atoms with Crippen LogP contribution in [0.1, 0.15) is 29.8 Å². The summed E-state index contributed by atoms with van der Waals surface area (Å²) in [5, 5.41) is 7.67. The standard InChI is InChI=1S/C31H29N5O7S2/c1-18(37)42-15-9-14-21-16-44-29-24(34-27(38)23(35-41-2)22-17-45-31(32)33-22)28(39)36(29)25(21)30(40)43-26(19-10-5-3-6-11-19)20-12-7-4-8-13-20/h3-14,17,24,26,29H,15-16H2,1-2H3,(H2,32,33)(H,34,38)/b14-9-,35-23-/t24?,29-/m0/s1. The third-order valence-corrected chi connectivity index (χ3v) is 8.75. The van der Waals surface area contributed by atoms with Crippen LogP contribution in [0.15, 0.2) is 94.6 Å². The van der Waals surface area contributed by atoms with Crippen molar-refractivity contribution in [2.24, 2.45) is 5.16 Å². The fraction of sp³-hybridized carbons (Fsp3) is 0.226. The van der Waals surface area contributed by atoms with Crippen LogP contribution in [0.25, 0.3) is 0 Å². The number of carbonyl (C=O) groups is 4. The number of hydrogen-bond donors (Lipinski definition) is 2. The molecule has 5 rings (SSSR count). The Kier molecular flexibility index (Phi) is 9.95. The van der Waals surface area contributed by atoms with Gasteiger partial charge in [-0.3, -0.25) is 19.3 Å². The SMILES string of the molecule is CO/N=C(\C(=O)NC1C(=O)N2C(C(=O)OC(c3ccccc3)c3ccccc3)=C(/C=C\COC(C)=O)CS[C@@H]12)c1csc(N)n1. The number of ether oxygens (including phenoxy) is 2. The highest BCUT2D eigenvalue weighted by atomic mass is 32.2.